The first-order chi connectivity index (χ1) is 26.4. The molecule has 0 saturated heterocycles. The number of hydrogen-bond donors (Lipinski definition) is 5. The third-order valence-corrected chi connectivity index (χ3v) is 9.94. The fraction of sp³-hybridized carbons (Fsp3) is 0.825. The van der Waals surface area contributed by atoms with E-state index in [0.29, 0.717) is 19.6 Å². The highest BCUT2D eigenvalue weighted by Gasteiger charge is 2.40. The first-order valence-electron chi connectivity index (χ1n) is 20.3. The molecule has 57 heavy (non-hydrogen) atoms. The maximum atomic E-state index is 14.2. The molecular weight excluding hydrogens is 736 g/mol. The Hall–Kier alpha value is -3.83. The minimum Gasteiger partial charge on any atom is -0.390 e. The highest BCUT2D eigenvalue weighted by molar-refractivity contribution is 5.97. The van der Waals surface area contributed by atoms with Crippen LogP contribution in [0.4, 0.5) is 0 Å². The van der Waals surface area contributed by atoms with E-state index in [1.807, 2.05) is 34.6 Å². The zero-order chi connectivity index (χ0) is 44.4. The van der Waals surface area contributed by atoms with Gasteiger partial charge in [0.15, 0.2) is 0 Å². The fourth-order valence-electron chi connectivity index (χ4n) is 6.13. The molecule has 0 spiro atoms. The number of aliphatic hydroxyl groups is 1. The van der Waals surface area contributed by atoms with Gasteiger partial charge < -0.3 is 50.7 Å². The van der Waals surface area contributed by atoms with Gasteiger partial charge >= 0.3 is 0 Å². The van der Waals surface area contributed by atoms with Gasteiger partial charge in [-0.15, -0.1) is 0 Å². The van der Waals surface area contributed by atoms with E-state index >= 15 is 0 Å². The van der Waals surface area contributed by atoms with Crippen LogP contribution < -0.4 is 21.3 Å². The summed E-state index contributed by atoms with van der Waals surface area (Å²) in [5.41, 5.74) is -1.42. The van der Waals surface area contributed by atoms with Crippen LogP contribution in [0.25, 0.3) is 0 Å². The van der Waals surface area contributed by atoms with Gasteiger partial charge in [-0.25, -0.2) is 0 Å². The van der Waals surface area contributed by atoms with Gasteiger partial charge in [0.05, 0.1) is 18.8 Å². The number of hydrogen-bond acceptors (Lipinski definition) is 10. The Bertz CT molecular complexity index is 1320. The number of carbonyl (C=O) groups excluding carboxylic acids is 7. The van der Waals surface area contributed by atoms with Gasteiger partial charge in [-0.1, -0.05) is 48.5 Å². The van der Waals surface area contributed by atoms with Crippen LogP contribution in [0.1, 0.15) is 102 Å². The highest BCUT2D eigenvalue weighted by Crippen LogP contribution is 2.20. The summed E-state index contributed by atoms with van der Waals surface area (Å²) in [7, 11) is 5.84. The van der Waals surface area contributed by atoms with Crippen molar-refractivity contribution in [3.8, 4) is 0 Å². The Balaban J connectivity index is 6.51. The quantitative estimate of drug-likeness (QED) is 0.0774. The maximum Gasteiger partial charge on any atom is 0.248 e. The van der Waals surface area contributed by atoms with E-state index in [4.69, 9.17) is 4.74 Å². The van der Waals surface area contributed by atoms with Crippen LogP contribution in [0.15, 0.2) is 0 Å². The first-order valence-corrected chi connectivity index (χ1v) is 20.3. The summed E-state index contributed by atoms with van der Waals surface area (Å²) < 4.78 is 5.93. The van der Waals surface area contributed by atoms with Crippen LogP contribution >= 0.6 is 0 Å². The molecule has 0 bridgehead atoms. The van der Waals surface area contributed by atoms with Crippen LogP contribution in [-0.4, -0.2) is 169 Å². The first kappa shape index (κ1) is 53.2. The van der Waals surface area contributed by atoms with Crippen molar-refractivity contribution in [1.82, 2.24) is 40.9 Å². The number of likely N-dealkylation sites (N-methyl/N-ethyl adjacent to an activating group) is 5. The van der Waals surface area contributed by atoms with Gasteiger partial charge in [0.1, 0.15) is 36.3 Å². The molecule has 17 heteroatoms. The molecule has 0 aromatic rings. The Labute approximate surface area is 341 Å². The molecule has 17 nitrogen and oxygen atoms in total. The minimum absolute atomic E-state index is 0.0483. The van der Waals surface area contributed by atoms with E-state index in [0.717, 1.165) is 13.1 Å². The predicted molar refractivity (Wildman–Crippen MR) is 220 cm³/mol. The lowest BCUT2D eigenvalue weighted by atomic mass is 9.95. The lowest BCUT2D eigenvalue weighted by Crippen LogP contribution is -2.61. The van der Waals surface area contributed by atoms with Crippen molar-refractivity contribution in [2.45, 2.75) is 144 Å². The van der Waals surface area contributed by atoms with Crippen LogP contribution in [-0.2, 0) is 38.3 Å². The Morgan fingerprint density at radius 1 is 0.684 bits per heavy atom. The normalized spacial score (nSPS) is 14.9. The summed E-state index contributed by atoms with van der Waals surface area (Å²) in [6, 6.07) is -6.39. The largest absolute Gasteiger partial charge is 0.390 e. The molecule has 0 aromatic heterocycles. The molecule has 0 unspecified atom stereocenters. The van der Waals surface area contributed by atoms with Crippen molar-refractivity contribution in [2.24, 2.45) is 11.8 Å². The number of nitrogens with zero attached hydrogens (tertiary/aromatic N) is 4. The monoisotopic (exact) mass is 813 g/mol. The van der Waals surface area contributed by atoms with Crippen LogP contribution in [0.3, 0.4) is 0 Å². The Kier molecular flexibility index (Phi) is 23.8. The van der Waals surface area contributed by atoms with Crippen molar-refractivity contribution < 1.29 is 43.4 Å². The molecule has 7 amide bonds. The lowest BCUT2D eigenvalue weighted by molar-refractivity contribution is -0.152. The Morgan fingerprint density at radius 3 is 1.67 bits per heavy atom. The van der Waals surface area contributed by atoms with E-state index in [2.05, 4.69) is 26.2 Å². The Morgan fingerprint density at radius 2 is 1.19 bits per heavy atom. The van der Waals surface area contributed by atoms with E-state index in [-0.39, 0.29) is 37.7 Å². The van der Waals surface area contributed by atoms with Crippen molar-refractivity contribution >= 4 is 41.4 Å². The summed E-state index contributed by atoms with van der Waals surface area (Å²) >= 11 is 0. The second-order valence-corrected chi connectivity index (χ2v) is 16.3. The molecule has 330 valence electrons. The SMILES string of the molecule is CCCC(=O)N(C)[C@H](COCCN(CC)CC)C(=O)N(C)[C@@H](CC(C)(C)O)C(=O)N[C@H](C(=O)N(C)[C@@H](CC(C)C)C(=O)N[C@H](C)C(=O)N[C@H](C)C(=O)NC)C(C)C. The van der Waals surface area contributed by atoms with Gasteiger partial charge in [0.25, 0.3) is 0 Å². The summed E-state index contributed by atoms with van der Waals surface area (Å²) in [4.78, 5) is 100. The molecule has 0 rings (SSSR count). The molecule has 0 fully saturated rings. The maximum absolute atomic E-state index is 14.2. The van der Waals surface area contributed by atoms with Crippen molar-refractivity contribution in [3.05, 3.63) is 0 Å². The molecule has 0 aromatic carbocycles. The molecule has 0 aliphatic heterocycles. The smallest absolute Gasteiger partial charge is 0.248 e. The molecule has 0 heterocycles. The second-order valence-electron chi connectivity index (χ2n) is 16.3. The number of rotatable bonds is 26. The highest BCUT2D eigenvalue weighted by atomic mass is 16.5. The van der Waals surface area contributed by atoms with Gasteiger partial charge in [-0.2, -0.15) is 0 Å². The average Bonchev–Trinajstić information content (AvgIpc) is 3.13. The minimum atomic E-state index is -1.42. The molecule has 0 aliphatic carbocycles. The topological polar surface area (TPSA) is 210 Å². The van der Waals surface area contributed by atoms with E-state index in [1.54, 1.807) is 13.8 Å². The second kappa shape index (κ2) is 25.5. The number of carbonyl (C=O) groups is 7. The standard InChI is InChI=1S/C40H76N8O9/c1-16-19-32(49)45(13)31(24-57-21-20-48(17-2)18-3)38(54)47(15)30(23-40(10,11)56)37(53)44-33(26(6)7)39(55)46(14)29(22-25(4)5)36(52)43-28(9)35(51)42-27(8)34(50)41-12/h25-31,33,56H,16-24H2,1-15H3,(H,41,50)(H,42,51)(H,43,52)(H,44,53)/t27-,28-,29+,30+,31-,33+/m1/s1. The summed E-state index contributed by atoms with van der Waals surface area (Å²) in [5.74, 6) is -4.24. The lowest BCUT2D eigenvalue weighted by Gasteiger charge is -2.38. The predicted octanol–water partition coefficient (Wildman–Crippen LogP) is 0.729. The summed E-state index contributed by atoms with van der Waals surface area (Å²) in [6.45, 7) is 21.6. The molecule has 0 aliphatic rings. The molecule has 0 radical (unpaired) electrons. The molecule has 5 N–H and O–H groups in total. The number of amides is 7. The van der Waals surface area contributed by atoms with Gasteiger partial charge in [0, 0.05) is 47.6 Å². The van der Waals surface area contributed by atoms with E-state index < -0.39 is 83.2 Å². The van der Waals surface area contributed by atoms with Gasteiger partial charge in [0.2, 0.25) is 41.4 Å². The number of nitrogens with one attached hydrogen (secondary N) is 4. The number of ether oxygens (including phenoxy) is 1. The summed E-state index contributed by atoms with van der Waals surface area (Å²) in [5, 5.41) is 21.4. The zero-order valence-electron chi connectivity index (χ0n) is 37.5. The van der Waals surface area contributed by atoms with Crippen molar-refractivity contribution in [1.29, 1.82) is 0 Å². The molecule has 0 saturated carbocycles. The zero-order valence-corrected chi connectivity index (χ0v) is 37.5. The van der Waals surface area contributed by atoms with E-state index in [9.17, 15) is 38.7 Å². The van der Waals surface area contributed by atoms with E-state index in [1.165, 1.54) is 70.6 Å². The van der Waals surface area contributed by atoms with Crippen molar-refractivity contribution in [3.63, 3.8) is 0 Å². The van der Waals surface area contributed by atoms with Crippen LogP contribution in [0.5, 0.6) is 0 Å². The molecular formula is C40H76N8O9. The van der Waals surface area contributed by atoms with Crippen molar-refractivity contribution in [2.75, 3.05) is 61.0 Å². The van der Waals surface area contributed by atoms with Crippen LogP contribution in [0, 0.1) is 11.8 Å². The third kappa shape index (κ3) is 18.1. The van der Waals surface area contributed by atoms with Crippen LogP contribution in [0.2, 0.25) is 0 Å². The fourth-order valence-corrected chi connectivity index (χ4v) is 6.13. The van der Waals surface area contributed by atoms with Gasteiger partial charge in [-0.3, -0.25) is 33.6 Å². The third-order valence-electron chi connectivity index (χ3n) is 9.94. The van der Waals surface area contributed by atoms with Gasteiger partial charge in [-0.05, 0) is 65.5 Å². The summed E-state index contributed by atoms with van der Waals surface area (Å²) in [6.07, 6.45) is 0.811. The average molecular weight is 813 g/mol. The molecule has 6 atom stereocenters.